The van der Waals surface area contributed by atoms with Crippen molar-refractivity contribution in [2.24, 2.45) is 0 Å². The van der Waals surface area contributed by atoms with Crippen molar-refractivity contribution in [3.8, 4) is 28.3 Å². The van der Waals surface area contributed by atoms with E-state index in [0.29, 0.717) is 21.5 Å². The summed E-state index contributed by atoms with van der Waals surface area (Å²) in [5.41, 5.74) is 3.91. The minimum Gasteiger partial charge on any atom is -0.482 e. The maximum absolute atomic E-state index is 12.2. The Kier molecular flexibility index (Phi) is 4.65. The fraction of sp³-hybridized carbons (Fsp3) is 0.105. The third-order valence-electron chi connectivity index (χ3n) is 3.79. The lowest BCUT2D eigenvalue weighted by Gasteiger charge is -2.07. The van der Waals surface area contributed by atoms with Gasteiger partial charge in [-0.3, -0.25) is 4.79 Å². The topological polar surface area (TPSA) is 42.1 Å². The van der Waals surface area contributed by atoms with E-state index in [1.54, 1.807) is 12.1 Å². The summed E-state index contributed by atoms with van der Waals surface area (Å²) < 4.78 is 5.39. The van der Waals surface area contributed by atoms with Crippen LogP contribution in [0.4, 0.5) is 0 Å². The Morgan fingerprint density at radius 3 is 1.88 bits per heavy atom. The monoisotopic (exact) mass is 359 g/mol. The standard InChI is InChI=1S/C19H15Cl2NO2/c1-11(23)16-17(12-3-7-14(20)8-4-12)18(22-19(16)24-2)13-5-9-15(21)10-6-13/h3-10,22H,1-2H3. The Labute approximate surface area is 150 Å². The van der Waals surface area contributed by atoms with Crippen LogP contribution in [0.3, 0.4) is 0 Å². The van der Waals surface area contributed by atoms with Gasteiger partial charge < -0.3 is 9.72 Å². The van der Waals surface area contributed by atoms with Crippen LogP contribution in [0.15, 0.2) is 48.5 Å². The van der Waals surface area contributed by atoms with Crippen LogP contribution in [0.25, 0.3) is 22.4 Å². The van der Waals surface area contributed by atoms with E-state index >= 15 is 0 Å². The number of H-pyrrole nitrogens is 1. The van der Waals surface area contributed by atoms with Crippen LogP contribution in [0.1, 0.15) is 17.3 Å². The molecule has 0 unspecified atom stereocenters. The maximum atomic E-state index is 12.2. The average molecular weight is 360 g/mol. The number of Topliss-reactive ketones (excluding diaryl/α,β-unsaturated/α-hetero) is 1. The number of methoxy groups -OCH3 is 1. The van der Waals surface area contributed by atoms with Gasteiger partial charge in [-0.05, 0) is 42.3 Å². The number of hydrogen-bond acceptors (Lipinski definition) is 2. The fourth-order valence-corrected chi connectivity index (χ4v) is 2.96. The zero-order valence-electron chi connectivity index (χ0n) is 13.2. The molecular formula is C19H15Cl2NO2. The Hall–Kier alpha value is -2.23. The molecule has 122 valence electrons. The summed E-state index contributed by atoms with van der Waals surface area (Å²) in [5.74, 6) is 0.366. The summed E-state index contributed by atoms with van der Waals surface area (Å²) in [6.45, 7) is 1.52. The molecule has 2 aromatic carbocycles. The number of benzene rings is 2. The van der Waals surface area contributed by atoms with E-state index in [1.807, 2.05) is 36.4 Å². The molecule has 0 aliphatic rings. The summed E-state index contributed by atoms with van der Waals surface area (Å²) in [4.78, 5) is 15.4. The Morgan fingerprint density at radius 1 is 0.917 bits per heavy atom. The van der Waals surface area contributed by atoms with E-state index in [-0.39, 0.29) is 5.78 Å². The first-order valence-electron chi connectivity index (χ1n) is 7.34. The third kappa shape index (κ3) is 3.05. The first-order valence-corrected chi connectivity index (χ1v) is 8.09. The van der Waals surface area contributed by atoms with Gasteiger partial charge in [0.25, 0.3) is 0 Å². The number of carbonyl (C=O) groups excluding carboxylic acids is 1. The molecule has 0 aliphatic heterocycles. The number of aromatic amines is 1. The van der Waals surface area contributed by atoms with Crippen molar-refractivity contribution in [1.82, 2.24) is 4.98 Å². The van der Waals surface area contributed by atoms with Gasteiger partial charge in [-0.1, -0.05) is 47.5 Å². The molecule has 1 heterocycles. The second kappa shape index (κ2) is 6.71. The van der Waals surface area contributed by atoms with E-state index in [9.17, 15) is 4.79 Å². The van der Waals surface area contributed by atoms with Gasteiger partial charge in [0.15, 0.2) is 5.78 Å². The van der Waals surface area contributed by atoms with Crippen molar-refractivity contribution < 1.29 is 9.53 Å². The lowest BCUT2D eigenvalue weighted by Crippen LogP contribution is -1.97. The molecule has 0 saturated heterocycles. The summed E-state index contributed by atoms with van der Waals surface area (Å²) in [5, 5.41) is 1.29. The van der Waals surface area contributed by atoms with Gasteiger partial charge in [0.05, 0.1) is 18.4 Å². The molecule has 5 heteroatoms. The molecule has 0 amide bonds. The number of nitrogens with one attached hydrogen (secondary N) is 1. The van der Waals surface area contributed by atoms with Gasteiger partial charge >= 0.3 is 0 Å². The normalized spacial score (nSPS) is 10.7. The van der Waals surface area contributed by atoms with Gasteiger partial charge in [0.2, 0.25) is 5.88 Å². The number of halogens is 2. The molecule has 1 N–H and O–H groups in total. The smallest absolute Gasteiger partial charge is 0.202 e. The van der Waals surface area contributed by atoms with Crippen LogP contribution in [0.5, 0.6) is 5.88 Å². The second-order valence-electron chi connectivity index (χ2n) is 5.35. The number of ketones is 1. The predicted molar refractivity (Wildman–Crippen MR) is 98.2 cm³/mol. The lowest BCUT2D eigenvalue weighted by atomic mass is 9.96. The molecular weight excluding hydrogens is 345 g/mol. The quantitative estimate of drug-likeness (QED) is 0.592. The number of aromatic nitrogens is 1. The predicted octanol–water partition coefficient (Wildman–Crippen LogP) is 5.87. The summed E-state index contributed by atoms with van der Waals surface area (Å²) in [7, 11) is 1.54. The first kappa shape index (κ1) is 16.6. The second-order valence-corrected chi connectivity index (χ2v) is 6.23. The minimum absolute atomic E-state index is 0.0757. The molecule has 0 saturated carbocycles. The Morgan fingerprint density at radius 2 is 1.42 bits per heavy atom. The van der Waals surface area contributed by atoms with Crippen LogP contribution in [0, 0.1) is 0 Å². The molecule has 0 radical (unpaired) electrons. The lowest BCUT2D eigenvalue weighted by molar-refractivity contribution is 0.101. The molecule has 3 nitrogen and oxygen atoms in total. The van der Waals surface area contributed by atoms with Gasteiger partial charge in [-0.2, -0.15) is 0 Å². The zero-order chi connectivity index (χ0) is 17.3. The van der Waals surface area contributed by atoms with Crippen LogP contribution in [0.2, 0.25) is 10.0 Å². The van der Waals surface area contributed by atoms with E-state index in [0.717, 1.165) is 22.4 Å². The highest BCUT2D eigenvalue weighted by molar-refractivity contribution is 6.31. The van der Waals surface area contributed by atoms with Crippen LogP contribution in [-0.2, 0) is 0 Å². The van der Waals surface area contributed by atoms with Crippen LogP contribution >= 0.6 is 23.2 Å². The van der Waals surface area contributed by atoms with Crippen LogP contribution < -0.4 is 4.74 Å². The number of carbonyl (C=O) groups is 1. The average Bonchev–Trinajstić information content (AvgIpc) is 2.96. The van der Waals surface area contributed by atoms with Gasteiger partial charge in [0, 0.05) is 15.6 Å². The summed E-state index contributed by atoms with van der Waals surface area (Å²) in [6.07, 6.45) is 0. The van der Waals surface area contributed by atoms with Crippen molar-refractivity contribution in [1.29, 1.82) is 0 Å². The summed E-state index contributed by atoms with van der Waals surface area (Å²) >= 11 is 12.0. The molecule has 1 aromatic heterocycles. The fourth-order valence-electron chi connectivity index (χ4n) is 2.70. The van der Waals surface area contributed by atoms with E-state index in [4.69, 9.17) is 27.9 Å². The molecule has 24 heavy (non-hydrogen) atoms. The Bertz CT molecular complexity index is 881. The van der Waals surface area contributed by atoms with Crippen LogP contribution in [-0.4, -0.2) is 17.9 Å². The first-order chi connectivity index (χ1) is 11.5. The van der Waals surface area contributed by atoms with Crippen molar-refractivity contribution in [2.75, 3.05) is 7.11 Å². The van der Waals surface area contributed by atoms with Crippen molar-refractivity contribution in [3.63, 3.8) is 0 Å². The number of ether oxygens (including phenoxy) is 1. The summed E-state index contributed by atoms with van der Waals surface area (Å²) in [6, 6.07) is 14.8. The van der Waals surface area contributed by atoms with E-state index in [1.165, 1.54) is 14.0 Å². The van der Waals surface area contributed by atoms with Gasteiger partial charge in [-0.25, -0.2) is 0 Å². The maximum Gasteiger partial charge on any atom is 0.202 e. The number of hydrogen-bond donors (Lipinski definition) is 1. The SMILES string of the molecule is COc1[nH]c(-c2ccc(Cl)cc2)c(-c2ccc(Cl)cc2)c1C(C)=O. The molecule has 0 aliphatic carbocycles. The van der Waals surface area contributed by atoms with Gasteiger partial charge in [-0.15, -0.1) is 0 Å². The molecule has 0 spiro atoms. The van der Waals surface area contributed by atoms with E-state index in [2.05, 4.69) is 4.98 Å². The van der Waals surface area contributed by atoms with Crippen molar-refractivity contribution in [2.45, 2.75) is 6.92 Å². The minimum atomic E-state index is -0.0757. The highest BCUT2D eigenvalue weighted by Gasteiger charge is 2.23. The molecule has 0 atom stereocenters. The molecule has 3 aromatic rings. The van der Waals surface area contributed by atoms with Crippen molar-refractivity contribution >= 4 is 29.0 Å². The van der Waals surface area contributed by atoms with Gasteiger partial charge in [0.1, 0.15) is 0 Å². The molecule has 0 fully saturated rings. The molecule has 3 rings (SSSR count). The van der Waals surface area contributed by atoms with Crippen molar-refractivity contribution in [3.05, 3.63) is 64.1 Å². The molecule has 0 bridgehead atoms. The third-order valence-corrected chi connectivity index (χ3v) is 4.29. The highest BCUT2D eigenvalue weighted by atomic mass is 35.5. The largest absolute Gasteiger partial charge is 0.482 e. The van der Waals surface area contributed by atoms with E-state index < -0.39 is 0 Å². The Balaban J connectivity index is 2.30. The highest BCUT2D eigenvalue weighted by Crippen LogP contribution is 2.40. The number of rotatable bonds is 4. The zero-order valence-corrected chi connectivity index (χ0v) is 14.7.